The van der Waals surface area contributed by atoms with Crippen LogP contribution in [0.4, 0.5) is 29.3 Å². The highest BCUT2D eigenvalue weighted by Gasteiger charge is 2.46. The molecule has 3 aromatic carbocycles. The SMILES string of the molecule is O=C(Nc1ccccc1)N1CC2(CCN(Cc3cc(F)cc(F)c3)CC2)c2cc(F)ccc21. The standard InChI is InChI=1S/C26H24F3N3O/c27-19-6-7-24-23(15-19)26(17-32(24)25(33)30-22-4-2-1-3-5-22)8-10-31(11-9-26)16-18-12-20(28)14-21(29)13-18/h1-7,12-15H,8-11,16-17H2,(H,30,33). The Labute approximate surface area is 190 Å². The number of fused-ring (bicyclic) bond motifs is 2. The van der Waals surface area contributed by atoms with E-state index in [4.69, 9.17) is 0 Å². The number of hydrogen-bond donors (Lipinski definition) is 1. The highest BCUT2D eigenvalue weighted by Crippen LogP contribution is 2.47. The highest BCUT2D eigenvalue weighted by atomic mass is 19.1. The van der Waals surface area contributed by atoms with Crippen molar-refractivity contribution < 1.29 is 18.0 Å². The normalized spacial score (nSPS) is 17.2. The summed E-state index contributed by atoms with van der Waals surface area (Å²) in [6.45, 7) is 2.27. The molecule has 2 heterocycles. The fourth-order valence-corrected chi connectivity index (χ4v) is 5.06. The van der Waals surface area contributed by atoms with Gasteiger partial charge in [0, 0.05) is 35.9 Å². The van der Waals surface area contributed by atoms with Crippen molar-refractivity contribution in [3.8, 4) is 0 Å². The Morgan fingerprint density at radius 1 is 0.879 bits per heavy atom. The molecule has 4 nitrogen and oxygen atoms in total. The van der Waals surface area contributed by atoms with E-state index in [1.165, 1.54) is 18.2 Å². The van der Waals surface area contributed by atoms with Gasteiger partial charge >= 0.3 is 6.03 Å². The lowest BCUT2D eigenvalue weighted by atomic mass is 9.74. The summed E-state index contributed by atoms with van der Waals surface area (Å²) in [5.74, 6) is -1.49. The Morgan fingerprint density at radius 3 is 2.27 bits per heavy atom. The molecule has 170 valence electrons. The Kier molecular flexibility index (Phi) is 5.58. The van der Waals surface area contributed by atoms with Gasteiger partial charge in [0.05, 0.1) is 0 Å². The van der Waals surface area contributed by atoms with E-state index in [0.717, 1.165) is 30.2 Å². The van der Waals surface area contributed by atoms with Gasteiger partial charge < -0.3 is 5.32 Å². The molecule has 33 heavy (non-hydrogen) atoms. The van der Waals surface area contributed by atoms with Crippen LogP contribution in [0.3, 0.4) is 0 Å². The number of anilines is 2. The van der Waals surface area contributed by atoms with Crippen molar-refractivity contribution in [2.45, 2.75) is 24.8 Å². The maximum Gasteiger partial charge on any atom is 0.326 e. The van der Waals surface area contributed by atoms with Crippen LogP contribution in [-0.2, 0) is 12.0 Å². The van der Waals surface area contributed by atoms with Crippen LogP contribution in [0, 0.1) is 17.5 Å². The smallest absolute Gasteiger partial charge is 0.308 e. The number of likely N-dealkylation sites (tertiary alicyclic amines) is 1. The number of halogens is 3. The quantitative estimate of drug-likeness (QED) is 0.555. The van der Waals surface area contributed by atoms with Crippen LogP contribution in [0.2, 0.25) is 0 Å². The van der Waals surface area contributed by atoms with E-state index in [1.807, 2.05) is 30.3 Å². The van der Waals surface area contributed by atoms with Crippen molar-refractivity contribution in [3.63, 3.8) is 0 Å². The van der Waals surface area contributed by atoms with Gasteiger partial charge in [-0.25, -0.2) is 18.0 Å². The molecule has 0 bridgehead atoms. The monoisotopic (exact) mass is 451 g/mol. The zero-order chi connectivity index (χ0) is 23.0. The van der Waals surface area contributed by atoms with Gasteiger partial charge in [-0.05, 0) is 79.5 Å². The third kappa shape index (κ3) is 4.33. The van der Waals surface area contributed by atoms with Crippen LogP contribution in [0.5, 0.6) is 0 Å². The number of nitrogens with zero attached hydrogens (tertiary/aromatic N) is 2. The topological polar surface area (TPSA) is 35.6 Å². The van der Waals surface area contributed by atoms with Gasteiger partial charge in [-0.2, -0.15) is 0 Å². The molecule has 0 saturated carbocycles. The molecule has 0 aliphatic carbocycles. The summed E-state index contributed by atoms with van der Waals surface area (Å²) >= 11 is 0. The minimum atomic E-state index is -0.584. The molecule has 2 amide bonds. The summed E-state index contributed by atoms with van der Waals surface area (Å²) in [6, 6.07) is 17.2. The van der Waals surface area contributed by atoms with Crippen LogP contribution in [0.25, 0.3) is 0 Å². The van der Waals surface area contributed by atoms with Gasteiger partial charge in [0.1, 0.15) is 17.5 Å². The minimum Gasteiger partial charge on any atom is -0.308 e. The van der Waals surface area contributed by atoms with Gasteiger partial charge in [-0.1, -0.05) is 18.2 Å². The lowest BCUT2D eigenvalue weighted by Crippen LogP contribution is -2.46. The minimum absolute atomic E-state index is 0.247. The molecule has 7 heteroatoms. The second-order valence-electron chi connectivity index (χ2n) is 8.88. The number of urea groups is 1. The number of carbonyl (C=O) groups is 1. The zero-order valence-corrected chi connectivity index (χ0v) is 18.0. The fourth-order valence-electron chi connectivity index (χ4n) is 5.06. The first-order valence-electron chi connectivity index (χ1n) is 11.0. The molecule has 5 rings (SSSR count). The summed E-state index contributed by atoms with van der Waals surface area (Å²) in [6.07, 6.45) is 1.44. The number of nitrogens with one attached hydrogen (secondary N) is 1. The van der Waals surface area contributed by atoms with Crippen molar-refractivity contribution in [3.05, 3.63) is 95.3 Å². The van der Waals surface area contributed by atoms with E-state index in [0.29, 0.717) is 37.4 Å². The summed E-state index contributed by atoms with van der Waals surface area (Å²) in [5.41, 5.74) is 2.51. The third-order valence-corrected chi connectivity index (χ3v) is 6.69. The van der Waals surface area contributed by atoms with Crippen LogP contribution >= 0.6 is 0 Å². The van der Waals surface area contributed by atoms with Crippen LogP contribution in [-0.4, -0.2) is 30.6 Å². The van der Waals surface area contributed by atoms with Gasteiger partial charge in [-0.15, -0.1) is 0 Å². The molecule has 2 aliphatic heterocycles. The maximum atomic E-state index is 14.2. The molecule has 1 saturated heterocycles. The second kappa shape index (κ2) is 8.56. The summed E-state index contributed by atoms with van der Waals surface area (Å²) in [4.78, 5) is 16.9. The molecule has 0 aromatic heterocycles. The van der Waals surface area contributed by atoms with Crippen molar-refractivity contribution >= 4 is 17.4 Å². The predicted molar refractivity (Wildman–Crippen MR) is 122 cm³/mol. The number of amides is 2. The first-order valence-corrected chi connectivity index (χ1v) is 11.0. The van der Waals surface area contributed by atoms with E-state index in [2.05, 4.69) is 10.2 Å². The molecule has 2 aliphatic rings. The van der Waals surface area contributed by atoms with Crippen LogP contribution in [0.15, 0.2) is 66.7 Å². The molecule has 0 radical (unpaired) electrons. The van der Waals surface area contributed by atoms with E-state index >= 15 is 0 Å². The molecule has 1 fully saturated rings. The number of carbonyl (C=O) groups excluding carboxylic acids is 1. The van der Waals surface area contributed by atoms with Crippen molar-refractivity contribution in [1.29, 1.82) is 0 Å². The summed E-state index contributed by atoms with van der Waals surface area (Å²) in [7, 11) is 0. The summed E-state index contributed by atoms with van der Waals surface area (Å²) in [5, 5.41) is 2.93. The van der Waals surface area contributed by atoms with Gasteiger partial charge in [0.2, 0.25) is 0 Å². The average molecular weight is 451 g/mol. The Bertz CT molecular complexity index is 1160. The van der Waals surface area contributed by atoms with Gasteiger partial charge in [0.25, 0.3) is 0 Å². The number of hydrogen-bond acceptors (Lipinski definition) is 2. The molecule has 0 unspecified atom stereocenters. The van der Waals surface area contributed by atoms with E-state index in [-0.39, 0.29) is 17.3 Å². The predicted octanol–water partition coefficient (Wildman–Crippen LogP) is 5.69. The van der Waals surface area contributed by atoms with Gasteiger partial charge in [-0.3, -0.25) is 9.80 Å². The van der Waals surface area contributed by atoms with Crippen molar-refractivity contribution in [2.75, 3.05) is 29.9 Å². The zero-order valence-electron chi connectivity index (χ0n) is 18.0. The Hall–Kier alpha value is -3.32. The Morgan fingerprint density at radius 2 is 1.58 bits per heavy atom. The average Bonchev–Trinajstić information content (AvgIpc) is 3.09. The van der Waals surface area contributed by atoms with E-state index in [1.54, 1.807) is 17.0 Å². The number of benzene rings is 3. The van der Waals surface area contributed by atoms with Crippen LogP contribution in [0.1, 0.15) is 24.0 Å². The maximum absolute atomic E-state index is 14.2. The first kappa shape index (κ1) is 21.5. The lowest BCUT2D eigenvalue weighted by molar-refractivity contribution is 0.159. The number of piperidine rings is 1. The lowest BCUT2D eigenvalue weighted by Gasteiger charge is -2.40. The first-order chi connectivity index (χ1) is 15.9. The fraction of sp³-hybridized carbons (Fsp3) is 0.269. The molecule has 0 atom stereocenters. The molecule has 3 aromatic rings. The molecule has 1 N–H and O–H groups in total. The molecular formula is C26H24F3N3O. The highest BCUT2D eigenvalue weighted by molar-refractivity contribution is 6.03. The van der Waals surface area contributed by atoms with Crippen molar-refractivity contribution in [2.24, 2.45) is 0 Å². The molecular weight excluding hydrogens is 427 g/mol. The van der Waals surface area contributed by atoms with E-state index in [9.17, 15) is 18.0 Å². The largest absolute Gasteiger partial charge is 0.326 e. The molecule has 1 spiro atoms. The van der Waals surface area contributed by atoms with Crippen molar-refractivity contribution in [1.82, 2.24) is 4.90 Å². The van der Waals surface area contributed by atoms with Crippen LogP contribution < -0.4 is 10.2 Å². The summed E-state index contributed by atoms with van der Waals surface area (Å²) < 4.78 is 41.3. The number of rotatable bonds is 3. The number of para-hydroxylation sites is 1. The Balaban J connectivity index is 1.34. The second-order valence-corrected chi connectivity index (χ2v) is 8.88. The third-order valence-electron chi connectivity index (χ3n) is 6.69. The van der Waals surface area contributed by atoms with Gasteiger partial charge in [0.15, 0.2) is 0 Å². The van der Waals surface area contributed by atoms with E-state index < -0.39 is 11.6 Å².